The standard InChI is InChI=1S/C21H19OP.ClH/c1-23-20(22)21(17-11-5-2-6-12-17,18-13-7-3-8-14-18)19-15-9-4-10-16-19;/h2-16,23H,1H3;1H. The van der Waals surface area contributed by atoms with E-state index in [-0.39, 0.29) is 26.5 Å². The lowest BCUT2D eigenvalue weighted by atomic mass is 9.70. The van der Waals surface area contributed by atoms with E-state index in [2.05, 4.69) is 36.4 Å². The zero-order valence-electron chi connectivity index (χ0n) is 13.5. The molecule has 1 atom stereocenters. The molecule has 0 heterocycles. The number of carbonyl (C=O) groups excluding carboxylic acids is 1. The lowest BCUT2D eigenvalue weighted by Crippen LogP contribution is -2.36. The second-order valence-electron chi connectivity index (χ2n) is 5.43. The van der Waals surface area contributed by atoms with Crippen molar-refractivity contribution in [1.82, 2.24) is 0 Å². The lowest BCUT2D eigenvalue weighted by Gasteiger charge is -2.34. The minimum absolute atomic E-state index is 0. The van der Waals surface area contributed by atoms with Crippen LogP contribution in [-0.2, 0) is 10.2 Å². The Hall–Kier alpha value is -1.95. The molecule has 0 bridgehead atoms. The molecule has 24 heavy (non-hydrogen) atoms. The second kappa shape index (κ2) is 8.24. The third kappa shape index (κ3) is 3.15. The summed E-state index contributed by atoms with van der Waals surface area (Å²) in [5.74, 6) is 0. The van der Waals surface area contributed by atoms with Gasteiger partial charge in [-0.3, -0.25) is 4.79 Å². The van der Waals surface area contributed by atoms with Crippen molar-refractivity contribution in [3.05, 3.63) is 108 Å². The van der Waals surface area contributed by atoms with Gasteiger partial charge in [0.1, 0.15) is 5.41 Å². The number of hydrogen-bond acceptors (Lipinski definition) is 1. The van der Waals surface area contributed by atoms with Crippen LogP contribution in [0.4, 0.5) is 0 Å². The van der Waals surface area contributed by atoms with Gasteiger partial charge in [-0.15, -0.1) is 12.4 Å². The van der Waals surface area contributed by atoms with E-state index in [0.717, 1.165) is 16.7 Å². The van der Waals surface area contributed by atoms with Crippen LogP contribution in [0.1, 0.15) is 16.7 Å². The first-order valence-corrected chi connectivity index (χ1v) is 9.19. The molecule has 0 fully saturated rings. The minimum Gasteiger partial charge on any atom is -0.293 e. The molecule has 122 valence electrons. The molecular weight excluding hydrogens is 335 g/mol. The second-order valence-corrected chi connectivity index (χ2v) is 6.38. The number of halogens is 1. The zero-order valence-corrected chi connectivity index (χ0v) is 15.3. The fourth-order valence-corrected chi connectivity index (χ4v) is 3.95. The molecule has 0 aliphatic carbocycles. The van der Waals surface area contributed by atoms with E-state index >= 15 is 0 Å². The van der Waals surface area contributed by atoms with Crippen molar-refractivity contribution >= 4 is 26.5 Å². The Balaban J connectivity index is 0.00000208. The van der Waals surface area contributed by atoms with Crippen LogP contribution in [0.3, 0.4) is 0 Å². The molecule has 1 nitrogen and oxygen atoms in total. The van der Waals surface area contributed by atoms with Crippen LogP contribution in [0.25, 0.3) is 0 Å². The van der Waals surface area contributed by atoms with Crippen molar-refractivity contribution in [2.75, 3.05) is 6.66 Å². The van der Waals surface area contributed by atoms with Crippen LogP contribution in [0, 0.1) is 0 Å². The van der Waals surface area contributed by atoms with Crippen molar-refractivity contribution < 1.29 is 4.79 Å². The Bertz CT molecular complexity index is 676. The highest BCUT2D eigenvalue weighted by Crippen LogP contribution is 2.43. The molecule has 0 aliphatic rings. The molecular formula is C21H20ClOP. The van der Waals surface area contributed by atoms with E-state index in [1.807, 2.05) is 61.3 Å². The normalized spacial score (nSPS) is 11.2. The summed E-state index contributed by atoms with van der Waals surface area (Å²) in [5.41, 5.74) is 2.57. The predicted molar refractivity (Wildman–Crippen MR) is 106 cm³/mol. The van der Waals surface area contributed by atoms with Crippen molar-refractivity contribution in [3.63, 3.8) is 0 Å². The predicted octanol–water partition coefficient (Wildman–Crippen LogP) is 5.28. The first-order valence-electron chi connectivity index (χ1n) is 7.69. The molecule has 0 spiro atoms. The SMILES string of the molecule is CPC(=O)C(c1ccccc1)(c1ccccc1)c1ccccc1.Cl. The van der Waals surface area contributed by atoms with E-state index in [1.165, 1.54) is 0 Å². The van der Waals surface area contributed by atoms with Crippen LogP contribution < -0.4 is 0 Å². The molecule has 0 saturated heterocycles. The maximum Gasteiger partial charge on any atom is 0.170 e. The van der Waals surface area contributed by atoms with Gasteiger partial charge in [-0.05, 0) is 23.4 Å². The fourth-order valence-electron chi connectivity index (χ4n) is 3.15. The maximum atomic E-state index is 13.2. The summed E-state index contributed by atoms with van der Waals surface area (Å²) in [6.07, 6.45) is 0. The molecule has 0 N–H and O–H groups in total. The smallest absolute Gasteiger partial charge is 0.170 e. The minimum atomic E-state index is -0.739. The topological polar surface area (TPSA) is 17.1 Å². The van der Waals surface area contributed by atoms with Crippen molar-refractivity contribution in [2.45, 2.75) is 5.41 Å². The average Bonchev–Trinajstić information content (AvgIpc) is 2.65. The molecule has 0 radical (unpaired) electrons. The monoisotopic (exact) mass is 354 g/mol. The molecule has 0 aromatic heterocycles. The Labute approximate surface area is 151 Å². The van der Waals surface area contributed by atoms with Gasteiger partial charge in [0.05, 0.1) is 0 Å². The van der Waals surface area contributed by atoms with Crippen LogP contribution in [-0.4, -0.2) is 12.2 Å². The van der Waals surface area contributed by atoms with Gasteiger partial charge >= 0.3 is 0 Å². The average molecular weight is 355 g/mol. The van der Waals surface area contributed by atoms with Crippen LogP contribution in [0.2, 0.25) is 0 Å². The molecule has 0 aliphatic heterocycles. The summed E-state index contributed by atoms with van der Waals surface area (Å²) in [5, 5.41) is 0. The quantitative estimate of drug-likeness (QED) is 0.450. The van der Waals surface area contributed by atoms with Crippen LogP contribution in [0.15, 0.2) is 91.0 Å². The molecule has 0 saturated carbocycles. The van der Waals surface area contributed by atoms with Crippen molar-refractivity contribution in [3.8, 4) is 0 Å². The largest absolute Gasteiger partial charge is 0.293 e. The summed E-state index contributed by atoms with van der Waals surface area (Å²) in [6, 6.07) is 30.3. The first kappa shape index (κ1) is 18.4. The Kier molecular flexibility index (Phi) is 6.31. The molecule has 3 rings (SSSR count). The number of benzene rings is 3. The molecule has 1 unspecified atom stereocenters. The van der Waals surface area contributed by atoms with Gasteiger partial charge in [0.15, 0.2) is 5.52 Å². The maximum absolute atomic E-state index is 13.2. The van der Waals surface area contributed by atoms with E-state index in [9.17, 15) is 4.79 Å². The summed E-state index contributed by atoms with van der Waals surface area (Å²) in [6.45, 7) is 1.96. The van der Waals surface area contributed by atoms with Crippen molar-refractivity contribution in [2.24, 2.45) is 0 Å². The fraction of sp³-hybridized carbons (Fsp3) is 0.0952. The van der Waals surface area contributed by atoms with Gasteiger partial charge in [-0.25, -0.2) is 0 Å². The van der Waals surface area contributed by atoms with Gasteiger partial charge in [-0.1, -0.05) is 99.6 Å². The van der Waals surface area contributed by atoms with Gasteiger partial charge in [0, 0.05) is 0 Å². The lowest BCUT2D eigenvalue weighted by molar-refractivity contribution is -0.113. The third-order valence-corrected chi connectivity index (χ3v) is 5.02. The van der Waals surface area contributed by atoms with Gasteiger partial charge in [-0.2, -0.15) is 0 Å². The van der Waals surface area contributed by atoms with Crippen LogP contribution >= 0.6 is 21.0 Å². The van der Waals surface area contributed by atoms with E-state index in [4.69, 9.17) is 0 Å². The highest BCUT2D eigenvalue weighted by molar-refractivity contribution is 7.57. The number of carbonyl (C=O) groups is 1. The van der Waals surface area contributed by atoms with E-state index in [0.29, 0.717) is 0 Å². The first-order chi connectivity index (χ1) is 11.3. The Morgan fingerprint density at radius 2 is 0.958 bits per heavy atom. The van der Waals surface area contributed by atoms with E-state index in [1.54, 1.807) is 0 Å². The summed E-state index contributed by atoms with van der Waals surface area (Å²) in [7, 11) is 0.221. The highest BCUT2D eigenvalue weighted by Gasteiger charge is 2.42. The third-order valence-electron chi connectivity index (χ3n) is 4.19. The van der Waals surface area contributed by atoms with Crippen LogP contribution in [0.5, 0.6) is 0 Å². The van der Waals surface area contributed by atoms with Crippen molar-refractivity contribution in [1.29, 1.82) is 0 Å². The molecule has 3 aromatic rings. The highest BCUT2D eigenvalue weighted by atomic mass is 35.5. The zero-order chi connectivity index (χ0) is 16.1. The number of hydrogen-bond donors (Lipinski definition) is 0. The Morgan fingerprint density at radius 1 is 0.667 bits per heavy atom. The summed E-state index contributed by atoms with van der Waals surface area (Å²) < 4.78 is 0. The Morgan fingerprint density at radius 3 is 1.21 bits per heavy atom. The summed E-state index contributed by atoms with van der Waals surface area (Å²) >= 11 is 0. The van der Waals surface area contributed by atoms with E-state index < -0.39 is 5.41 Å². The molecule has 3 aromatic carbocycles. The molecule has 3 heteroatoms. The summed E-state index contributed by atoms with van der Waals surface area (Å²) in [4.78, 5) is 13.2. The van der Waals surface area contributed by atoms with Gasteiger partial charge in [0.25, 0.3) is 0 Å². The number of rotatable bonds is 5. The molecule has 0 amide bonds. The van der Waals surface area contributed by atoms with Gasteiger partial charge in [0.2, 0.25) is 0 Å². The van der Waals surface area contributed by atoms with Gasteiger partial charge < -0.3 is 0 Å².